The van der Waals surface area contributed by atoms with Gasteiger partial charge in [-0.1, -0.05) is 30.3 Å². The van der Waals surface area contributed by atoms with Gasteiger partial charge in [-0.05, 0) is 42.8 Å². The van der Waals surface area contributed by atoms with Crippen molar-refractivity contribution in [1.82, 2.24) is 24.9 Å². The van der Waals surface area contributed by atoms with Crippen LogP contribution in [0.3, 0.4) is 0 Å². The molecule has 2 aromatic carbocycles. The van der Waals surface area contributed by atoms with Gasteiger partial charge in [-0.15, -0.1) is 13.2 Å². The normalized spacial score (nSPS) is 17.1. The fourth-order valence-electron chi connectivity index (χ4n) is 4.86. The number of likely N-dealkylation sites (N-methyl/N-ethyl adjacent to an activating group) is 1. The summed E-state index contributed by atoms with van der Waals surface area (Å²) in [5.41, 5.74) is 0.670. The maximum Gasteiger partial charge on any atom is 0.504 e. The number of alkyl halides is 3. The van der Waals surface area contributed by atoms with Gasteiger partial charge in [-0.25, -0.2) is 13.9 Å². The van der Waals surface area contributed by atoms with E-state index < -0.39 is 41.6 Å². The number of anilines is 1. The Morgan fingerprint density at radius 2 is 1.74 bits per heavy atom. The minimum absolute atomic E-state index is 0.162. The van der Waals surface area contributed by atoms with E-state index in [-0.39, 0.29) is 22.5 Å². The number of carboxylic acid groups (broad SMARTS) is 1. The van der Waals surface area contributed by atoms with Gasteiger partial charge in [0, 0.05) is 30.8 Å². The molecular formula is C26H22F4N6O3. The molecule has 0 aliphatic carbocycles. The van der Waals surface area contributed by atoms with Crippen molar-refractivity contribution in [1.29, 1.82) is 0 Å². The summed E-state index contributed by atoms with van der Waals surface area (Å²) in [5, 5.41) is 20.6. The van der Waals surface area contributed by atoms with E-state index in [4.69, 9.17) is 0 Å². The summed E-state index contributed by atoms with van der Waals surface area (Å²) in [7, 11) is 0. The first-order valence-electron chi connectivity index (χ1n) is 11.9. The summed E-state index contributed by atoms with van der Waals surface area (Å²) in [6.45, 7) is 2.40. The quantitative estimate of drug-likeness (QED) is 0.355. The van der Waals surface area contributed by atoms with E-state index in [0.717, 1.165) is 6.07 Å². The predicted molar refractivity (Wildman–Crippen MR) is 131 cm³/mol. The highest BCUT2D eigenvalue weighted by molar-refractivity contribution is 5.93. The number of halogens is 4. The zero-order valence-electron chi connectivity index (χ0n) is 20.4. The maximum absolute atomic E-state index is 13.8. The molecule has 5 rings (SSSR count). The third-order valence-electron chi connectivity index (χ3n) is 6.54. The van der Waals surface area contributed by atoms with Gasteiger partial charge in [0.15, 0.2) is 5.69 Å². The van der Waals surface area contributed by atoms with Crippen LogP contribution in [0.15, 0.2) is 66.9 Å². The minimum Gasteiger partial charge on any atom is -0.476 e. The summed E-state index contributed by atoms with van der Waals surface area (Å²) in [4.78, 5) is 27.3. The number of fused-ring (bicyclic) bond motifs is 1. The molecule has 2 N–H and O–H groups in total. The molecule has 1 aliphatic heterocycles. The molecule has 3 heterocycles. The lowest BCUT2D eigenvalue weighted by Crippen LogP contribution is -2.51. The van der Waals surface area contributed by atoms with Crippen molar-refractivity contribution < 1.29 is 32.3 Å². The molecule has 2 aromatic heterocycles. The molecule has 1 aliphatic rings. The molecule has 0 bridgehead atoms. The number of benzene rings is 2. The van der Waals surface area contributed by atoms with Gasteiger partial charge in [-0.2, -0.15) is 14.9 Å². The van der Waals surface area contributed by atoms with Crippen LogP contribution in [0.1, 0.15) is 44.9 Å². The summed E-state index contributed by atoms with van der Waals surface area (Å²) in [6.07, 6.45) is -4.16. The zero-order chi connectivity index (χ0) is 27.9. The fourth-order valence-corrected chi connectivity index (χ4v) is 4.86. The minimum atomic E-state index is -4.80. The van der Waals surface area contributed by atoms with Crippen molar-refractivity contribution in [2.24, 2.45) is 0 Å². The van der Waals surface area contributed by atoms with Gasteiger partial charge >= 0.3 is 12.3 Å². The van der Waals surface area contributed by atoms with E-state index in [1.54, 1.807) is 24.3 Å². The van der Waals surface area contributed by atoms with E-state index in [2.05, 4.69) is 15.5 Å². The van der Waals surface area contributed by atoms with Crippen LogP contribution in [-0.2, 0) is 6.30 Å². The van der Waals surface area contributed by atoms with Crippen molar-refractivity contribution in [2.75, 3.05) is 18.0 Å². The zero-order valence-corrected chi connectivity index (χ0v) is 20.4. The number of rotatable bonds is 6. The first kappa shape index (κ1) is 25.9. The Balaban J connectivity index is 1.65. The number of aromatic nitrogens is 4. The molecule has 13 heteroatoms. The van der Waals surface area contributed by atoms with Crippen molar-refractivity contribution in [2.45, 2.75) is 25.2 Å². The second-order valence-corrected chi connectivity index (χ2v) is 8.90. The van der Waals surface area contributed by atoms with Gasteiger partial charge in [0.25, 0.3) is 5.91 Å². The fraction of sp³-hybridized carbons (Fsp3) is 0.231. The Morgan fingerprint density at radius 3 is 2.33 bits per heavy atom. The SMILES string of the molecule is CCN1C[C@@H](NC(=O)c2ccn(C(F)(F)F)n2)[C@@H](c2ccc(F)cc2)c2c(C(=O)O)nn(-c3ccccc3)c21. The van der Waals surface area contributed by atoms with Gasteiger partial charge in [0.1, 0.15) is 17.3 Å². The number of carboxylic acids is 1. The molecule has 39 heavy (non-hydrogen) atoms. The molecule has 0 radical (unpaired) electrons. The number of nitrogens with one attached hydrogen (secondary N) is 1. The average molecular weight is 542 g/mol. The van der Waals surface area contributed by atoms with Crippen LogP contribution in [0, 0.1) is 5.82 Å². The lowest BCUT2D eigenvalue weighted by Gasteiger charge is -2.40. The lowest BCUT2D eigenvalue weighted by atomic mass is 9.81. The van der Waals surface area contributed by atoms with Crippen LogP contribution in [0.25, 0.3) is 5.69 Å². The Bertz CT molecular complexity index is 1510. The third-order valence-corrected chi connectivity index (χ3v) is 6.54. The van der Waals surface area contributed by atoms with Crippen molar-refractivity contribution in [3.05, 3.63) is 95.2 Å². The predicted octanol–water partition coefficient (Wildman–Crippen LogP) is 4.15. The van der Waals surface area contributed by atoms with Gasteiger partial charge in [-0.3, -0.25) is 4.79 Å². The number of hydrogen-bond acceptors (Lipinski definition) is 5. The first-order valence-corrected chi connectivity index (χ1v) is 11.9. The van der Waals surface area contributed by atoms with Crippen LogP contribution >= 0.6 is 0 Å². The number of aromatic carboxylic acids is 1. The first-order chi connectivity index (χ1) is 18.6. The van der Waals surface area contributed by atoms with Crippen LogP contribution in [0.4, 0.5) is 23.4 Å². The van der Waals surface area contributed by atoms with E-state index in [9.17, 15) is 32.3 Å². The second-order valence-electron chi connectivity index (χ2n) is 8.90. The molecule has 0 saturated heterocycles. The molecule has 0 spiro atoms. The lowest BCUT2D eigenvalue weighted by molar-refractivity contribution is -0.212. The van der Waals surface area contributed by atoms with Crippen LogP contribution in [-0.4, -0.2) is 55.7 Å². The number of nitrogens with zero attached hydrogens (tertiary/aromatic N) is 5. The summed E-state index contributed by atoms with van der Waals surface area (Å²) < 4.78 is 54.2. The van der Waals surface area contributed by atoms with Crippen LogP contribution in [0.2, 0.25) is 0 Å². The Hall–Kier alpha value is -4.68. The molecule has 2 atom stereocenters. The highest BCUT2D eigenvalue weighted by atomic mass is 19.4. The molecule has 1 amide bonds. The van der Waals surface area contributed by atoms with Crippen LogP contribution < -0.4 is 10.2 Å². The summed E-state index contributed by atoms with van der Waals surface area (Å²) in [5.74, 6) is -3.02. The monoisotopic (exact) mass is 542 g/mol. The molecule has 4 aromatic rings. The number of carbonyl (C=O) groups excluding carboxylic acids is 1. The standard InChI is InChI=1S/C26H22F4N6O3/c1-2-34-14-19(31-23(37)18-12-13-35(32-18)26(28,29)30)20(15-8-10-16(27)11-9-15)21-22(25(38)39)33-36(24(21)34)17-6-4-3-5-7-17/h3-13,19-20H,2,14H2,1H3,(H,31,37)(H,38,39)/t19-,20-/m1/s1. The second kappa shape index (κ2) is 9.89. The summed E-state index contributed by atoms with van der Waals surface area (Å²) in [6, 6.07) is 14.4. The molecule has 0 fully saturated rings. The Kier molecular flexibility index (Phi) is 6.58. The van der Waals surface area contributed by atoms with E-state index in [1.807, 2.05) is 17.9 Å². The topological polar surface area (TPSA) is 105 Å². The number of carbonyl (C=O) groups is 2. The maximum atomic E-state index is 13.8. The van der Waals surface area contributed by atoms with E-state index >= 15 is 0 Å². The van der Waals surface area contributed by atoms with Gasteiger partial charge < -0.3 is 15.3 Å². The Morgan fingerprint density at radius 1 is 1.05 bits per heavy atom. The van der Waals surface area contributed by atoms with E-state index in [0.29, 0.717) is 29.8 Å². The largest absolute Gasteiger partial charge is 0.504 e. The third kappa shape index (κ3) is 4.82. The van der Waals surface area contributed by atoms with Crippen molar-refractivity contribution >= 4 is 17.7 Å². The molecule has 9 nitrogen and oxygen atoms in total. The van der Waals surface area contributed by atoms with Crippen LogP contribution in [0.5, 0.6) is 0 Å². The van der Waals surface area contributed by atoms with Gasteiger partial charge in [0.05, 0.1) is 11.7 Å². The molecule has 0 unspecified atom stereocenters. The van der Waals surface area contributed by atoms with Gasteiger partial charge in [0.2, 0.25) is 0 Å². The van der Waals surface area contributed by atoms with Crippen molar-refractivity contribution in [3.63, 3.8) is 0 Å². The molecule has 202 valence electrons. The number of para-hydroxylation sites is 1. The smallest absolute Gasteiger partial charge is 0.476 e. The highest BCUT2D eigenvalue weighted by Crippen LogP contribution is 2.43. The van der Waals surface area contributed by atoms with Crippen molar-refractivity contribution in [3.8, 4) is 5.69 Å². The average Bonchev–Trinajstić information content (AvgIpc) is 3.56. The number of amides is 1. The molecular weight excluding hydrogens is 520 g/mol. The van der Waals surface area contributed by atoms with E-state index in [1.165, 1.54) is 28.9 Å². The summed E-state index contributed by atoms with van der Waals surface area (Å²) >= 11 is 0. The number of hydrogen-bond donors (Lipinski definition) is 2. The molecule has 0 saturated carbocycles. The Labute approximate surface area is 219 Å². The highest BCUT2D eigenvalue weighted by Gasteiger charge is 2.42.